The summed E-state index contributed by atoms with van der Waals surface area (Å²) in [6.07, 6.45) is 0.0896. The number of phosphoric ester groups is 1. The van der Waals surface area contributed by atoms with Crippen LogP contribution >= 0.6 is 51.6 Å². The van der Waals surface area contributed by atoms with Gasteiger partial charge in [-0.2, -0.15) is 24.0 Å². The van der Waals surface area contributed by atoms with E-state index in [1.54, 1.807) is 17.4 Å². The minimum absolute atomic E-state index is 0.0896. The Morgan fingerprint density at radius 3 is 2.63 bits per heavy atom. The van der Waals surface area contributed by atoms with Crippen molar-refractivity contribution in [1.82, 2.24) is 4.98 Å². The van der Waals surface area contributed by atoms with Crippen molar-refractivity contribution in [2.24, 2.45) is 4.99 Å². The summed E-state index contributed by atoms with van der Waals surface area (Å²) < 4.78 is 17.5. The maximum absolute atomic E-state index is 13.1. The molecule has 4 rings (SSSR count). The Balaban J connectivity index is 0.00000195. The van der Waals surface area contributed by atoms with Crippen LogP contribution in [0.2, 0.25) is 0 Å². The topological polar surface area (TPSA) is 121 Å². The second-order valence-electron chi connectivity index (χ2n) is 9.79. The van der Waals surface area contributed by atoms with E-state index in [-0.39, 0.29) is 24.1 Å². The highest BCUT2D eigenvalue weighted by molar-refractivity contribution is 8.31. The molecule has 2 heterocycles. The number of rotatable bonds is 7. The lowest BCUT2D eigenvalue weighted by molar-refractivity contribution is -0.117. The van der Waals surface area contributed by atoms with Crippen LogP contribution in [0.5, 0.6) is 5.75 Å². The highest BCUT2D eigenvalue weighted by atomic mass is 32.7. The molecule has 0 spiro atoms. The van der Waals surface area contributed by atoms with Crippen LogP contribution in [0.3, 0.4) is 0 Å². The number of aryl methyl sites for hydroxylation is 2. The smallest absolute Gasteiger partial charge is 0.404 e. The number of anilines is 1. The summed E-state index contributed by atoms with van der Waals surface area (Å²) in [6, 6.07) is 9.43. The highest BCUT2D eigenvalue weighted by Crippen LogP contribution is 2.45. The molecule has 3 aromatic rings. The number of thiol groups is 1. The number of aromatic nitrogens is 1. The van der Waals surface area contributed by atoms with Gasteiger partial charge in [0, 0.05) is 34.6 Å². The molecule has 1 aromatic heterocycles. The number of benzene rings is 2. The van der Waals surface area contributed by atoms with Crippen molar-refractivity contribution < 1.29 is 23.7 Å². The highest BCUT2D eigenvalue weighted by Gasteiger charge is 2.32. The van der Waals surface area contributed by atoms with Crippen molar-refractivity contribution >= 4 is 79.1 Å². The zero-order valence-corrected chi connectivity index (χ0v) is 26.5. The first-order valence-corrected chi connectivity index (χ1v) is 17.4. The van der Waals surface area contributed by atoms with Crippen LogP contribution in [-0.2, 0) is 14.8 Å². The van der Waals surface area contributed by atoms with E-state index in [2.05, 4.69) is 32.9 Å². The number of phosphoric acid groups is 1. The number of hydrogen-bond donors (Lipinski definition) is 4. The molecule has 2 unspecified atom stereocenters. The minimum atomic E-state index is -4.76. The zero-order valence-electron chi connectivity index (χ0n) is 21.9. The standard InChI is InChI=1S/C25H30N3O5PS2.H3PS/c1-14-8-15(2)23(20(9-14)33-34(30,31)32)25(4,5)11-22(29)27-17-6-7-18-21(10-17)36-24(28-18)19-13-35-12-16(3)26-19;1-2/h6-10,16H,11-13H2,1-5H3,(H,27,29)(H2,30,31,32);2H,1H2. The van der Waals surface area contributed by atoms with Crippen molar-refractivity contribution in [2.75, 3.05) is 16.8 Å². The quantitative estimate of drug-likeness (QED) is 0.182. The van der Waals surface area contributed by atoms with E-state index >= 15 is 0 Å². The molecule has 0 saturated heterocycles. The van der Waals surface area contributed by atoms with Crippen LogP contribution in [0.25, 0.3) is 10.2 Å². The minimum Gasteiger partial charge on any atom is -0.404 e. The van der Waals surface area contributed by atoms with Crippen molar-refractivity contribution in [3.8, 4) is 5.75 Å². The van der Waals surface area contributed by atoms with Gasteiger partial charge >= 0.3 is 7.82 Å². The fraction of sp³-hybridized carbons (Fsp3) is 0.400. The first-order chi connectivity index (χ1) is 17.8. The molecule has 3 N–H and O–H groups in total. The van der Waals surface area contributed by atoms with Crippen molar-refractivity contribution in [3.05, 3.63) is 52.0 Å². The average Bonchev–Trinajstić information content (AvgIpc) is 3.21. The second kappa shape index (κ2) is 12.8. The lowest BCUT2D eigenvalue weighted by Gasteiger charge is -2.29. The molecule has 0 radical (unpaired) electrons. The van der Waals surface area contributed by atoms with Gasteiger partial charge in [0.15, 0.2) is 0 Å². The average molecular weight is 614 g/mol. The number of amides is 1. The fourth-order valence-electron chi connectivity index (χ4n) is 4.60. The number of thiazole rings is 1. The summed E-state index contributed by atoms with van der Waals surface area (Å²) in [7, 11) is -2.65. The molecule has 1 aliphatic heterocycles. The van der Waals surface area contributed by atoms with E-state index in [1.165, 1.54) is 0 Å². The van der Waals surface area contributed by atoms with Crippen molar-refractivity contribution in [2.45, 2.75) is 52.5 Å². The van der Waals surface area contributed by atoms with Gasteiger partial charge in [-0.1, -0.05) is 28.4 Å². The summed E-state index contributed by atoms with van der Waals surface area (Å²) in [4.78, 5) is 41.3. The van der Waals surface area contributed by atoms with Crippen LogP contribution in [0.4, 0.5) is 5.69 Å². The van der Waals surface area contributed by atoms with Gasteiger partial charge in [-0.25, -0.2) is 9.55 Å². The third-order valence-corrected chi connectivity index (χ3v) is 8.53. The van der Waals surface area contributed by atoms with E-state index in [9.17, 15) is 19.1 Å². The summed E-state index contributed by atoms with van der Waals surface area (Å²) >= 11 is 6.88. The number of aliphatic imine (C=N–C) groups is 1. The van der Waals surface area contributed by atoms with Crippen LogP contribution < -0.4 is 9.84 Å². The van der Waals surface area contributed by atoms with Gasteiger partial charge < -0.3 is 9.84 Å². The molecule has 1 amide bonds. The van der Waals surface area contributed by atoms with Crippen molar-refractivity contribution in [1.29, 1.82) is 0 Å². The SMILES string of the molecule is Cc1cc(C)c(C(C)(C)CC(=O)Nc2ccc3nc(C4=NC(C)CSC4)sc3c2)c(OP(=O)(O)O)c1.PS. The van der Waals surface area contributed by atoms with E-state index in [1.807, 2.05) is 63.7 Å². The van der Waals surface area contributed by atoms with Gasteiger partial charge in [0.25, 0.3) is 0 Å². The number of carbonyl (C=O) groups excluding carboxylic acids is 1. The number of fused-ring (bicyclic) bond motifs is 1. The van der Waals surface area contributed by atoms with Gasteiger partial charge in [0.1, 0.15) is 10.8 Å². The first-order valence-electron chi connectivity index (χ1n) is 11.8. The molecule has 206 valence electrons. The van der Waals surface area contributed by atoms with Gasteiger partial charge in [0.2, 0.25) is 5.91 Å². The van der Waals surface area contributed by atoms with E-state index in [4.69, 9.17) is 14.5 Å². The number of carbonyl (C=O) groups is 1. The zero-order chi connectivity index (χ0) is 28.3. The molecule has 1 aliphatic rings. The first kappa shape index (κ1) is 31.1. The summed E-state index contributed by atoms with van der Waals surface area (Å²) in [6.45, 7) is 9.50. The van der Waals surface area contributed by atoms with Crippen LogP contribution in [-0.4, -0.2) is 43.9 Å². The maximum atomic E-state index is 13.1. The molecule has 13 heteroatoms. The Kier molecular flexibility index (Phi) is 10.5. The Bertz CT molecular complexity index is 1400. The molecule has 38 heavy (non-hydrogen) atoms. The van der Waals surface area contributed by atoms with Gasteiger partial charge in [-0.3, -0.25) is 19.6 Å². The molecule has 0 saturated carbocycles. The maximum Gasteiger partial charge on any atom is 0.524 e. The lowest BCUT2D eigenvalue weighted by atomic mass is 9.78. The molecule has 0 fully saturated rings. The lowest BCUT2D eigenvalue weighted by Crippen LogP contribution is -2.27. The van der Waals surface area contributed by atoms with Crippen LogP contribution in [0.15, 0.2) is 35.3 Å². The van der Waals surface area contributed by atoms with Gasteiger partial charge in [0.05, 0.1) is 22.0 Å². The van der Waals surface area contributed by atoms with E-state index < -0.39 is 13.2 Å². The summed E-state index contributed by atoms with van der Waals surface area (Å²) in [5.74, 6) is 1.76. The molecule has 0 bridgehead atoms. The number of nitrogens with zero attached hydrogens (tertiary/aromatic N) is 2. The Morgan fingerprint density at radius 1 is 1.26 bits per heavy atom. The molecular weight excluding hydrogens is 580 g/mol. The number of hydrogen-bond acceptors (Lipinski definition) is 8. The van der Waals surface area contributed by atoms with Gasteiger partial charge in [-0.05, 0) is 56.2 Å². The van der Waals surface area contributed by atoms with Gasteiger partial charge in [-0.15, -0.1) is 11.3 Å². The molecule has 2 aromatic carbocycles. The predicted molar refractivity (Wildman–Crippen MR) is 167 cm³/mol. The summed E-state index contributed by atoms with van der Waals surface area (Å²) in [5, 5.41) is 3.88. The van der Waals surface area contributed by atoms with Crippen LogP contribution in [0, 0.1) is 13.8 Å². The summed E-state index contributed by atoms with van der Waals surface area (Å²) in [5.41, 5.74) is 4.01. The number of thioether (sulfide) groups is 1. The van der Waals surface area contributed by atoms with E-state index in [0.717, 1.165) is 43.6 Å². The van der Waals surface area contributed by atoms with E-state index in [0.29, 0.717) is 11.3 Å². The largest absolute Gasteiger partial charge is 0.524 e. The van der Waals surface area contributed by atoms with Crippen molar-refractivity contribution in [3.63, 3.8) is 0 Å². The normalized spacial score (nSPS) is 15.9. The molecule has 0 aliphatic carbocycles. The molecular formula is C25H33N3O5P2S3. The van der Waals surface area contributed by atoms with Crippen LogP contribution in [0.1, 0.15) is 48.9 Å². The fourth-order valence-corrected chi connectivity index (χ4v) is 7.03. The third-order valence-electron chi connectivity index (χ3n) is 5.83. The molecule has 8 nitrogen and oxygen atoms in total. The predicted octanol–water partition coefficient (Wildman–Crippen LogP) is 6.32. The Hall–Kier alpha value is -1.45. The third kappa shape index (κ3) is 8.04. The molecule has 2 atom stereocenters. The number of nitrogens with one attached hydrogen (secondary N) is 1. The Morgan fingerprint density at radius 2 is 1.97 bits per heavy atom. The second-order valence-corrected chi connectivity index (χ2v) is 13.0. The Labute approximate surface area is 239 Å². The monoisotopic (exact) mass is 613 g/mol.